The maximum atomic E-state index is 13.4. The molecule has 3 heterocycles. The summed E-state index contributed by atoms with van der Waals surface area (Å²) >= 11 is 0. The summed E-state index contributed by atoms with van der Waals surface area (Å²) in [5, 5.41) is 120. The quantitative estimate of drug-likeness (QED) is 0.0207. The number of allylic oxidation sites excluding steroid dienone is 17. The molecule has 1 amide bonds. The number of aliphatic hydroxyl groups excluding tert-OH is 11. The fourth-order valence-corrected chi connectivity index (χ4v) is 10.2. The fourth-order valence-electron chi connectivity index (χ4n) is 10.2. The van der Waals surface area contributed by atoms with Crippen LogP contribution in [0.2, 0.25) is 0 Å². The van der Waals surface area contributed by atoms with Crippen LogP contribution in [-0.2, 0) is 33.2 Å². The van der Waals surface area contributed by atoms with Gasteiger partial charge in [0.05, 0.1) is 38.6 Å². The summed E-state index contributed by atoms with van der Waals surface area (Å²) in [5.41, 5.74) is 0. The first-order chi connectivity index (χ1) is 42.3. The second kappa shape index (κ2) is 49.2. The van der Waals surface area contributed by atoms with Gasteiger partial charge in [-0.1, -0.05) is 187 Å². The second-order valence-corrected chi connectivity index (χ2v) is 22.8. The van der Waals surface area contributed by atoms with Crippen molar-refractivity contribution in [1.29, 1.82) is 0 Å². The third-order valence-corrected chi connectivity index (χ3v) is 15.5. The molecular formula is C68H113NO18. The molecule has 12 N–H and O–H groups in total. The van der Waals surface area contributed by atoms with Gasteiger partial charge in [-0.3, -0.25) is 4.79 Å². The minimum Gasteiger partial charge on any atom is -0.394 e. The van der Waals surface area contributed by atoms with Gasteiger partial charge in [0.15, 0.2) is 18.9 Å². The van der Waals surface area contributed by atoms with Gasteiger partial charge in [0, 0.05) is 6.42 Å². The lowest BCUT2D eigenvalue weighted by Crippen LogP contribution is -2.66. The first-order valence-electron chi connectivity index (χ1n) is 32.6. The number of carbonyl (C=O) groups excluding carboxylic acids is 1. The molecule has 0 aromatic carbocycles. The Kier molecular flexibility index (Phi) is 43.9. The molecule has 498 valence electrons. The molecule has 3 aliphatic heterocycles. The van der Waals surface area contributed by atoms with Gasteiger partial charge in [0.2, 0.25) is 5.91 Å². The van der Waals surface area contributed by atoms with Crippen LogP contribution in [0.3, 0.4) is 0 Å². The molecular weight excluding hydrogens is 1120 g/mol. The SMILES string of the molecule is CC/C=C\C/C=C\C/C=C\C/C=C\C/C=C\C/C=C\CCCCCCCCCCCCC(=O)NC(COC1OC(CO)C(OC2OC(CO)C(OC3OC(CO)C(O)C(O)C3O)C(O)C2O)C(O)C1O)C(O)/C=C/CC/C=C/CC/C=C/CCCCC. The number of aliphatic hydroxyl groups is 11. The number of ether oxygens (including phenoxy) is 6. The van der Waals surface area contributed by atoms with Gasteiger partial charge in [0.25, 0.3) is 0 Å². The van der Waals surface area contributed by atoms with E-state index in [1.54, 1.807) is 6.08 Å². The zero-order chi connectivity index (χ0) is 63.3. The number of nitrogens with one attached hydrogen (secondary N) is 1. The Bertz CT molecular complexity index is 2000. The van der Waals surface area contributed by atoms with Crippen LogP contribution in [0.5, 0.6) is 0 Å². The van der Waals surface area contributed by atoms with E-state index in [0.29, 0.717) is 12.8 Å². The Morgan fingerprint density at radius 3 is 1.29 bits per heavy atom. The van der Waals surface area contributed by atoms with Gasteiger partial charge in [-0.2, -0.15) is 0 Å². The van der Waals surface area contributed by atoms with Crippen LogP contribution >= 0.6 is 0 Å². The van der Waals surface area contributed by atoms with E-state index in [9.17, 15) is 61.0 Å². The van der Waals surface area contributed by atoms with E-state index >= 15 is 0 Å². The van der Waals surface area contributed by atoms with Gasteiger partial charge in [-0.15, -0.1) is 0 Å². The Hall–Kier alpha value is -3.55. The van der Waals surface area contributed by atoms with Crippen molar-refractivity contribution in [3.63, 3.8) is 0 Å². The Morgan fingerprint density at radius 2 is 0.805 bits per heavy atom. The molecule has 3 saturated heterocycles. The maximum absolute atomic E-state index is 13.4. The van der Waals surface area contributed by atoms with E-state index < -0.39 is 124 Å². The van der Waals surface area contributed by atoms with Crippen LogP contribution in [0, 0.1) is 0 Å². The van der Waals surface area contributed by atoms with Crippen molar-refractivity contribution in [2.75, 3.05) is 26.4 Å². The van der Waals surface area contributed by atoms with Crippen LogP contribution in [0.4, 0.5) is 0 Å². The second-order valence-electron chi connectivity index (χ2n) is 22.8. The van der Waals surface area contributed by atoms with Gasteiger partial charge >= 0.3 is 0 Å². The third-order valence-electron chi connectivity index (χ3n) is 15.5. The molecule has 0 spiro atoms. The summed E-state index contributed by atoms with van der Waals surface area (Å²) in [6.07, 6.45) is 37.9. The number of amides is 1. The summed E-state index contributed by atoms with van der Waals surface area (Å²) in [4.78, 5) is 13.4. The highest BCUT2D eigenvalue weighted by molar-refractivity contribution is 5.76. The van der Waals surface area contributed by atoms with Crippen molar-refractivity contribution in [2.24, 2.45) is 0 Å². The predicted octanol–water partition coefficient (Wildman–Crippen LogP) is 7.49. The van der Waals surface area contributed by atoms with E-state index in [2.05, 4.69) is 116 Å². The van der Waals surface area contributed by atoms with Crippen LogP contribution in [0.25, 0.3) is 0 Å². The first kappa shape index (κ1) is 77.7. The zero-order valence-electron chi connectivity index (χ0n) is 52.2. The largest absolute Gasteiger partial charge is 0.394 e. The van der Waals surface area contributed by atoms with Crippen LogP contribution in [-0.4, -0.2) is 193 Å². The van der Waals surface area contributed by atoms with Gasteiger partial charge in [0.1, 0.15) is 73.2 Å². The average molecular weight is 1230 g/mol. The average Bonchev–Trinajstić information content (AvgIpc) is 1.69. The normalized spacial score (nSPS) is 29.3. The van der Waals surface area contributed by atoms with E-state index in [1.165, 1.54) is 51.4 Å². The van der Waals surface area contributed by atoms with E-state index in [0.717, 1.165) is 96.3 Å². The summed E-state index contributed by atoms with van der Waals surface area (Å²) in [5.74, 6) is -0.301. The molecule has 0 saturated carbocycles. The lowest BCUT2D eigenvalue weighted by atomic mass is 9.96. The smallest absolute Gasteiger partial charge is 0.220 e. The summed E-state index contributed by atoms with van der Waals surface area (Å²) in [6.45, 7) is 1.52. The summed E-state index contributed by atoms with van der Waals surface area (Å²) in [6, 6.07) is -1.01. The highest BCUT2D eigenvalue weighted by Gasteiger charge is 2.53. The zero-order valence-corrected chi connectivity index (χ0v) is 52.2. The van der Waals surface area contributed by atoms with Crippen molar-refractivity contribution in [1.82, 2.24) is 5.32 Å². The molecule has 19 nitrogen and oxygen atoms in total. The van der Waals surface area contributed by atoms with Gasteiger partial charge in [-0.05, 0) is 96.3 Å². The van der Waals surface area contributed by atoms with Crippen molar-refractivity contribution in [3.05, 3.63) is 109 Å². The number of rotatable bonds is 47. The van der Waals surface area contributed by atoms with Crippen molar-refractivity contribution in [2.45, 2.75) is 285 Å². The number of carbonyl (C=O) groups is 1. The monoisotopic (exact) mass is 1230 g/mol. The lowest BCUT2D eigenvalue weighted by Gasteiger charge is -2.48. The molecule has 17 atom stereocenters. The standard InChI is InChI=1S/C68H113NO18/c1-3-5-7-9-11-13-15-17-18-19-20-21-22-23-24-25-26-27-28-29-30-31-32-34-36-38-40-42-44-46-56(74)69-51(52(73)45-43-41-39-37-35-33-16-14-12-10-8-6-4-2)50-82-66-62(80)59(77)64(54(48-71)84-66)87-68-63(81)60(78)65(55(49-72)85-68)86-67-61(79)58(76)57(75)53(47-70)83-67/h5,7,11-14,17-18,20-21,23-24,26-27,35,37,43,45,51-55,57-68,70-73,75-81H,3-4,6,8-10,15-16,19,22,25,28-34,36,38-42,44,46-50H2,1-2H3,(H,69,74)/b7-5-,13-11-,14-12+,18-17-,21-20-,24-23-,27-26-,37-35+,45-43+. The third kappa shape index (κ3) is 31.8. The Balaban J connectivity index is 1.43. The van der Waals surface area contributed by atoms with Gasteiger partial charge < -0.3 is 89.9 Å². The number of unbranched alkanes of at least 4 members (excludes halogenated alkanes) is 15. The molecule has 3 aliphatic rings. The van der Waals surface area contributed by atoms with Crippen molar-refractivity contribution >= 4 is 5.91 Å². The number of hydrogen-bond acceptors (Lipinski definition) is 18. The van der Waals surface area contributed by atoms with E-state index in [1.807, 2.05) is 6.08 Å². The van der Waals surface area contributed by atoms with E-state index in [-0.39, 0.29) is 18.9 Å². The molecule has 0 aliphatic carbocycles. The number of hydrogen-bond donors (Lipinski definition) is 12. The summed E-state index contributed by atoms with van der Waals surface area (Å²) < 4.78 is 34.2. The summed E-state index contributed by atoms with van der Waals surface area (Å²) in [7, 11) is 0. The highest BCUT2D eigenvalue weighted by Crippen LogP contribution is 2.33. The maximum Gasteiger partial charge on any atom is 0.220 e. The molecule has 17 unspecified atom stereocenters. The molecule has 87 heavy (non-hydrogen) atoms. The predicted molar refractivity (Wildman–Crippen MR) is 337 cm³/mol. The first-order valence-corrected chi connectivity index (χ1v) is 32.6. The Morgan fingerprint density at radius 1 is 0.425 bits per heavy atom. The van der Waals surface area contributed by atoms with Crippen molar-refractivity contribution < 1.29 is 89.4 Å². The minimum absolute atomic E-state index is 0.219. The topological polar surface area (TPSA) is 307 Å². The molecule has 19 heteroatoms. The Labute approximate surface area is 519 Å². The highest BCUT2D eigenvalue weighted by atomic mass is 16.8. The molecule has 0 bridgehead atoms. The van der Waals surface area contributed by atoms with Crippen LogP contribution < -0.4 is 5.32 Å². The molecule has 0 aromatic heterocycles. The molecule has 3 fully saturated rings. The minimum atomic E-state index is -1.99. The lowest BCUT2D eigenvalue weighted by molar-refractivity contribution is -0.379. The van der Waals surface area contributed by atoms with Crippen LogP contribution in [0.1, 0.15) is 181 Å². The van der Waals surface area contributed by atoms with E-state index in [4.69, 9.17) is 28.4 Å². The molecule has 3 rings (SSSR count). The molecule has 0 aromatic rings. The fraction of sp³-hybridized carbons (Fsp3) is 0.721. The van der Waals surface area contributed by atoms with Crippen molar-refractivity contribution in [3.8, 4) is 0 Å². The van der Waals surface area contributed by atoms with Crippen LogP contribution in [0.15, 0.2) is 109 Å². The van der Waals surface area contributed by atoms with Gasteiger partial charge in [-0.25, -0.2) is 0 Å². The molecule has 0 radical (unpaired) electrons.